The second kappa shape index (κ2) is 6.91. The van der Waals surface area contributed by atoms with Crippen molar-refractivity contribution in [2.24, 2.45) is 16.7 Å². The van der Waals surface area contributed by atoms with E-state index >= 15 is 0 Å². The standard InChI is InChI=1S/C18H34O2/c1-9-10-17(7,8)13-18(20,14(2)3)15(12-19)11-16(4,5)6/h9-11,14,19-20H,12-13H2,1-8H3/b10-9+,15-11+. The van der Waals surface area contributed by atoms with Crippen LogP contribution in [0.15, 0.2) is 23.8 Å². The maximum atomic E-state index is 11.2. The Labute approximate surface area is 125 Å². The predicted octanol–water partition coefficient (Wildman–Crippen LogP) is 4.33. The Morgan fingerprint density at radius 2 is 1.60 bits per heavy atom. The summed E-state index contributed by atoms with van der Waals surface area (Å²) in [5, 5.41) is 21.0. The van der Waals surface area contributed by atoms with Crippen molar-refractivity contribution >= 4 is 0 Å². The van der Waals surface area contributed by atoms with Gasteiger partial charge in [0.25, 0.3) is 0 Å². The Hall–Kier alpha value is -0.600. The fraction of sp³-hybridized carbons (Fsp3) is 0.778. The lowest BCUT2D eigenvalue weighted by Gasteiger charge is -2.40. The third kappa shape index (κ3) is 5.80. The van der Waals surface area contributed by atoms with Crippen molar-refractivity contribution in [3.05, 3.63) is 23.8 Å². The lowest BCUT2D eigenvalue weighted by Crippen LogP contribution is -2.43. The summed E-state index contributed by atoms with van der Waals surface area (Å²) in [5.41, 5.74) is -0.422. The van der Waals surface area contributed by atoms with Gasteiger partial charge in [0.05, 0.1) is 12.2 Å². The normalized spacial score (nSPS) is 17.9. The monoisotopic (exact) mass is 282 g/mol. The zero-order valence-corrected chi connectivity index (χ0v) is 14.6. The highest BCUT2D eigenvalue weighted by Gasteiger charge is 2.39. The molecule has 2 nitrogen and oxygen atoms in total. The number of allylic oxidation sites excluding steroid dienone is 3. The van der Waals surface area contributed by atoms with Crippen LogP contribution in [0.1, 0.15) is 61.8 Å². The zero-order valence-electron chi connectivity index (χ0n) is 14.6. The summed E-state index contributed by atoms with van der Waals surface area (Å²) in [7, 11) is 0. The predicted molar refractivity (Wildman–Crippen MR) is 87.6 cm³/mol. The fourth-order valence-corrected chi connectivity index (χ4v) is 2.72. The molecule has 0 aliphatic carbocycles. The molecule has 0 saturated heterocycles. The molecule has 20 heavy (non-hydrogen) atoms. The Bertz CT molecular complexity index is 356. The average Bonchev–Trinajstić information content (AvgIpc) is 2.23. The van der Waals surface area contributed by atoms with E-state index in [1.165, 1.54) is 0 Å². The minimum Gasteiger partial charge on any atom is -0.392 e. The van der Waals surface area contributed by atoms with Gasteiger partial charge in [-0.2, -0.15) is 0 Å². The summed E-state index contributed by atoms with van der Waals surface area (Å²) in [4.78, 5) is 0. The van der Waals surface area contributed by atoms with Gasteiger partial charge in [-0.15, -0.1) is 0 Å². The van der Waals surface area contributed by atoms with Gasteiger partial charge in [0.1, 0.15) is 0 Å². The van der Waals surface area contributed by atoms with Crippen molar-refractivity contribution < 1.29 is 10.2 Å². The molecule has 0 fully saturated rings. The molecule has 0 aromatic heterocycles. The molecule has 0 amide bonds. The number of hydrogen-bond donors (Lipinski definition) is 2. The van der Waals surface area contributed by atoms with Gasteiger partial charge in [-0.25, -0.2) is 0 Å². The van der Waals surface area contributed by atoms with E-state index in [9.17, 15) is 10.2 Å². The molecule has 1 unspecified atom stereocenters. The maximum Gasteiger partial charge on any atom is 0.0909 e. The van der Waals surface area contributed by atoms with Crippen LogP contribution in [0.25, 0.3) is 0 Å². The van der Waals surface area contributed by atoms with Crippen LogP contribution < -0.4 is 0 Å². The van der Waals surface area contributed by atoms with Crippen LogP contribution in [-0.2, 0) is 0 Å². The van der Waals surface area contributed by atoms with Gasteiger partial charge in [0.15, 0.2) is 0 Å². The van der Waals surface area contributed by atoms with Crippen molar-refractivity contribution in [1.82, 2.24) is 0 Å². The Kier molecular flexibility index (Phi) is 6.70. The Morgan fingerprint density at radius 1 is 1.10 bits per heavy atom. The molecule has 1 atom stereocenters. The third-order valence-electron chi connectivity index (χ3n) is 3.63. The molecule has 0 rings (SSSR count). The van der Waals surface area contributed by atoms with Gasteiger partial charge < -0.3 is 10.2 Å². The van der Waals surface area contributed by atoms with Crippen molar-refractivity contribution in [2.75, 3.05) is 6.61 Å². The lowest BCUT2D eigenvalue weighted by atomic mass is 9.70. The minimum atomic E-state index is -0.981. The van der Waals surface area contributed by atoms with Gasteiger partial charge in [-0.1, -0.05) is 66.7 Å². The molecular formula is C18H34O2. The molecular weight excluding hydrogens is 248 g/mol. The highest BCUT2D eigenvalue weighted by Crippen LogP contribution is 2.39. The van der Waals surface area contributed by atoms with Crippen molar-refractivity contribution in [2.45, 2.75) is 67.4 Å². The van der Waals surface area contributed by atoms with E-state index in [1.54, 1.807) is 0 Å². The molecule has 118 valence electrons. The second-order valence-electron chi connectivity index (χ2n) is 7.94. The van der Waals surface area contributed by atoms with Gasteiger partial charge in [-0.05, 0) is 35.7 Å². The molecule has 0 saturated carbocycles. The first kappa shape index (κ1) is 19.4. The van der Waals surface area contributed by atoms with E-state index in [-0.39, 0.29) is 23.4 Å². The molecule has 0 heterocycles. The van der Waals surface area contributed by atoms with Gasteiger partial charge >= 0.3 is 0 Å². The highest BCUT2D eigenvalue weighted by molar-refractivity contribution is 5.22. The van der Waals surface area contributed by atoms with E-state index in [0.717, 1.165) is 5.57 Å². The maximum absolute atomic E-state index is 11.2. The Balaban J connectivity index is 5.66. The number of hydrogen-bond acceptors (Lipinski definition) is 2. The van der Waals surface area contributed by atoms with E-state index in [2.05, 4.69) is 40.7 Å². The van der Waals surface area contributed by atoms with Gasteiger partial charge in [-0.3, -0.25) is 0 Å². The zero-order chi connectivity index (χ0) is 16.2. The summed E-state index contributed by atoms with van der Waals surface area (Å²) < 4.78 is 0. The van der Waals surface area contributed by atoms with Gasteiger partial charge in [0.2, 0.25) is 0 Å². The van der Waals surface area contributed by atoms with Crippen LogP contribution in [0.4, 0.5) is 0 Å². The first-order chi connectivity index (χ1) is 8.88. The quantitative estimate of drug-likeness (QED) is 0.712. The van der Waals surface area contributed by atoms with E-state index in [0.29, 0.717) is 6.42 Å². The Morgan fingerprint density at radius 3 is 1.90 bits per heavy atom. The SMILES string of the molecule is C/C=C/C(C)(C)CC(O)(/C(=C/C(C)(C)C)CO)C(C)C. The van der Waals surface area contributed by atoms with Crippen LogP contribution in [0.5, 0.6) is 0 Å². The third-order valence-corrected chi connectivity index (χ3v) is 3.63. The van der Waals surface area contributed by atoms with Crippen molar-refractivity contribution in [1.29, 1.82) is 0 Å². The number of aliphatic hydroxyl groups excluding tert-OH is 1. The smallest absolute Gasteiger partial charge is 0.0909 e. The summed E-state index contributed by atoms with van der Waals surface area (Å²) in [6, 6.07) is 0. The minimum absolute atomic E-state index is 0.0489. The molecule has 2 N–H and O–H groups in total. The molecule has 0 spiro atoms. The first-order valence-electron chi connectivity index (χ1n) is 7.57. The van der Waals surface area contributed by atoms with Crippen molar-refractivity contribution in [3.8, 4) is 0 Å². The summed E-state index contributed by atoms with van der Waals surface area (Å²) in [6.07, 6.45) is 6.75. The first-order valence-corrected chi connectivity index (χ1v) is 7.57. The van der Waals surface area contributed by atoms with Crippen LogP contribution in [0, 0.1) is 16.7 Å². The molecule has 2 heteroatoms. The largest absolute Gasteiger partial charge is 0.392 e. The topological polar surface area (TPSA) is 40.5 Å². The van der Waals surface area contributed by atoms with Crippen LogP contribution in [-0.4, -0.2) is 22.4 Å². The molecule has 0 aliphatic heterocycles. The lowest BCUT2D eigenvalue weighted by molar-refractivity contribution is -0.00870. The second-order valence-corrected chi connectivity index (χ2v) is 7.94. The molecule has 0 aromatic carbocycles. The van der Waals surface area contributed by atoms with Gasteiger partial charge in [0, 0.05) is 0 Å². The summed E-state index contributed by atoms with van der Waals surface area (Å²) in [6.45, 7) is 16.4. The summed E-state index contributed by atoms with van der Waals surface area (Å²) in [5.74, 6) is 0.0489. The average molecular weight is 282 g/mol. The van der Waals surface area contributed by atoms with Crippen molar-refractivity contribution in [3.63, 3.8) is 0 Å². The van der Waals surface area contributed by atoms with E-state index < -0.39 is 5.60 Å². The van der Waals surface area contributed by atoms with Crippen LogP contribution in [0.3, 0.4) is 0 Å². The fourth-order valence-electron chi connectivity index (χ4n) is 2.72. The van der Waals surface area contributed by atoms with Crippen LogP contribution >= 0.6 is 0 Å². The molecule has 0 aromatic rings. The molecule has 0 radical (unpaired) electrons. The van der Waals surface area contributed by atoms with E-state index in [4.69, 9.17) is 0 Å². The molecule has 0 bridgehead atoms. The van der Waals surface area contributed by atoms with E-state index in [1.807, 2.05) is 32.9 Å². The molecule has 0 aliphatic rings. The summed E-state index contributed by atoms with van der Waals surface area (Å²) >= 11 is 0. The number of rotatable bonds is 6. The van der Waals surface area contributed by atoms with Crippen LogP contribution in [0.2, 0.25) is 0 Å². The highest BCUT2D eigenvalue weighted by atomic mass is 16.3. The number of aliphatic hydroxyl groups is 2.